The lowest BCUT2D eigenvalue weighted by atomic mass is 10.2. The maximum Gasteiger partial charge on any atom is 0.257 e. The highest BCUT2D eigenvalue weighted by Crippen LogP contribution is 2.24. The van der Waals surface area contributed by atoms with Gasteiger partial charge in [-0.1, -0.05) is 41.7 Å². The van der Waals surface area contributed by atoms with E-state index < -0.39 is 9.84 Å². The first-order valence-electron chi connectivity index (χ1n) is 7.93. The quantitative estimate of drug-likeness (QED) is 0.570. The Labute approximate surface area is 159 Å². The molecule has 0 spiro atoms. The number of imidazole rings is 1. The standard InChI is InChI=1S/C18H14N4O3S2/c1-27(24,25)14-9-7-13(8-10-14)16(23)20-17-21-22-11-15(19-18(22)26-17)12-5-3-2-4-6-12/h2-11H,1H3,(H,20,21,23). The fourth-order valence-electron chi connectivity index (χ4n) is 2.52. The maximum absolute atomic E-state index is 12.3. The molecule has 2 heterocycles. The van der Waals surface area contributed by atoms with Crippen LogP contribution < -0.4 is 5.32 Å². The number of fused-ring (bicyclic) bond motifs is 1. The second kappa shape index (κ2) is 6.60. The molecule has 0 aliphatic rings. The number of anilines is 1. The van der Waals surface area contributed by atoms with Crippen LogP contribution in [0.5, 0.6) is 0 Å². The van der Waals surface area contributed by atoms with Crippen molar-refractivity contribution in [3.05, 3.63) is 66.4 Å². The number of aromatic nitrogens is 3. The van der Waals surface area contributed by atoms with Crippen LogP contribution in [0.15, 0.2) is 65.7 Å². The lowest BCUT2D eigenvalue weighted by Crippen LogP contribution is -2.12. The van der Waals surface area contributed by atoms with Crippen LogP contribution in [0.25, 0.3) is 16.2 Å². The Hall–Kier alpha value is -3.04. The first-order chi connectivity index (χ1) is 12.9. The van der Waals surface area contributed by atoms with Gasteiger partial charge in [-0.3, -0.25) is 10.1 Å². The first kappa shape index (κ1) is 17.4. The van der Waals surface area contributed by atoms with E-state index >= 15 is 0 Å². The van der Waals surface area contributed by atoms with Crippen molar-refractivity contribution in [2.24, 2.45) is 0 Å². The number of nitrogens with one attached hydrogen (secondary N) is 1. The second-order valence-electron chi connectivity index (χ2n) is 5.88. The Kier molecular flexibility index (Phi) is 4.25. The summed E-state index contributed by atoms with van der Waals surface area (Å²) in [6, 6.07) is 15.5. The predicted molar refractivity (Wildman–Crippen MR) is 104 cm³/mol. The van der Waals surface area contributed by atoms with Gasteiger partial charge in [0.05, 0.1) is 16.8 Å². The number of rotatable bonds is 4. The molecule has 4 rings (SSSR count). The zero-order chi connectivity index (χ0) is 19.0. The number of benzene rings is 2. The molecule has 27 heavy (non-hydrogen) atoms. The third-order valence-corrected chi connectivity index (χ3v) is 5.84. The first-order valence-corrected chi connectivity index (χ1v) is 10.6. The lowest BCUT2D eigenvalue weighted by molar-refractivity contribution is 0.102. The van der Waals surface area contributed by atoms with E-state index in [-0.39, 0.29) is 10.8 Å². The zero-order valence-corrected chi connectivity index (χ0v) is 15.8. The SMILES string of the molecule is CS(=O)(=O)c1ccc(C(=O)Nc2nn3cc(-c4ccccc4)nc3s2)cc1. The third kappa shape index (κ3) is 3.60. The van der Waals surface area contributed by atoms with Crippen LogP contribution in [-0.2, 0) is 9.84 Å². The molecule has 1 N–H and O–H groups in total. The molecule has 0 aliphatic heterocycles. The van der Waals surface area contributed by atoms with Gasteiger partial charge in [-0.15, -0.1) is 5.10 Å². The smallest absolute Gasteiger partial charge is 0.257 e. The number of carbonyl (C=O) groups is 1. The fourth-order valence-corrected chi connectivity index (χ4v) is 3.93. The van der Waals surface area contributed by atoms with E-state index in [2.05, 4.69) is 15.4 Å². The van der Waals surface area contributed by atoms with Gasteiger partial charge < -0.3 is 0 Å². The largest absolute Gasteiger partial charge is 0.296 e. The number of hydrogen-bond acceptors (Lipinski definition) is 6. The Balaban J connectivity index is 1.53. The van der Waals surface area contributed by atoms with E-state index in [1.807, 2.05) is 30.3 Å². The molecular formula is C18H14N4O3S2. The minimum absolute atomic E-state index is 0.167. The van der Waals surface area contributed by atoms with Crippen molar-refractivity contribution < 1.29 is 13.2 Å². The lowest BCUT2D eigenvalue weighted by Gasteiger charge is -2.02. The van der Waals surface area contributed by atoms with E-state index in [0.717, 1.165) is 17.5 Å². The van der Waals surface area contributed by atoms with E-state index in [9.17, 15) is 13.2 Å². The highest BCUT2D eigenvalue weighted by atomic mass is 32.2. The molecule has 0 unspecified atom stereocenters. The van der Waals surface area contributed by atoms with Gasteiger partial charge in [0, 0.05) is 17.4 Å². The van der Waals surface area contributed by atoms with E-state index in [1.54, 1.807) is 10.7 Å². The van der Waals surface area contributed by atoms with Crippen molar-refractivity contribution in [1.82, 2.24) is 14.6 Å². The minimum Gasteiger partial charge on any atom is -0.296 e. The third-order valence-electron chi connectivity index (χ3n) is 3.88. The molecule has 0 radical (unpaired) electrons. The molecule has 0 bridgehead atoms. The summed E-state index contributed by atoms with van der Waals surface area (Å²) >= 11 is 1.26. The van der Waals surface area contributed by atoms with E-state index in [1.165, 1.54) is 35.6 Å². The van der Waals surface area contributed by atoms with E-state index in [0.29, 0.717) is 15.7 Å². The summed E-state index contributed by atoms with van der Waals surface area (Å²) in [5.74, 6) is -0.365. The topological polar surface area (TPSA) is 93.4 Å². The van der Waals surface area contributed by atoms with Gasteiger partial charge in [-0.2, -0.15) is 0 Å². The molecule has 0 atom stereocenters. The summed E-state index contributed by atoms with van der Waals surface area (Å²) < 4.78 is 24.6. The predicted octanol–water partition coefficient (Wildman–Crippen LogP) is 3.11. The number of sulfone groups is 1. The molecule has 0 fully saturated rings. The normalized spacial score (nSPS) is 11.6. The van der Waals surface area contributed by atoms with Crippen molar-refractivity contribution in [1.29, 1.82) is 0 Å². The fraction of sp³-hybridized carbons (Fsp3) is 0.0556. The average molecular weight is 398 g/mol. The Morgan fingerprint density at radius 2 is 1.78 bits per heavy atom. The van der Waals surface area contributed by atoms with Crippen LogP contribution in [-0.4, -0.2) is 35.2 Å². The summed E-state index contributed by atoms with van der Waals surface area (Å²) in [5, 5.41) is 7.45. The van der Waals surface area contributed by atoms with E-state index in [4.69, 9.17) is 0 Å². The summed E-state index contributed by atoms with van der Waals surface area (Å²) in [4.78, 5) is 17.7. The minimum atomic E-state index is -3.29. The molecular weight excluding hydrogens is 384 g/mol. The van der Waals surface area contributed by atoms with Crippen molar-refractivity contribution in [2.75, 3.05) is 11.6 Å². The molecule has 136 valence electrons. The van der Waals surface area contributed by atoms with Gasteiger partial charge in [0.25, 0.3) is 5.91 Å². The van der Waals surface area contributed by atoms with Crippen LogP contribution in [0.3, 0.4) is 0 Å². The van der Waals surface area contributed by atoms with Gasteiger partial charge in [-0.25, -0.2) is 17.9 Å². The van der Waals surface area contributed by atoms with Crippen LogP contribution in [0.4, 0.5) is 5.13 Å². The Morgan fingerprint density at radius 3 is 2.41 bits per heavy atom. The van der Waals surface area contributed by atoms with Crippen molar-refractivity contribution >= 4 is 37.2 Å². The van der Waals surface area contributed by atoms with Crippen LogP contribution >= 0.6 is 11.3 Å². The van der Waals surface area contributed by atoms with Crippen LogP contribution in [0.2, 0.25) is 0 Å². The highest BCUT2D eigenvalue weighted by Gasteiger charge is 2.14. The van der Waals surface area contributed by atoms with Crippen molar-refractivity contribution in [3.63, 3.8) is 0 Å². The average Bonchev–Trinajstić information content (AvgIpc) is 3.20. The molecule has 2 aromatic heterocycles. The molecule has 4 aromatic rings. The van der Waals surface area contributed by atoms with Crippen LogP contribution in [0, 0.1) is 0 Å². The second-order valence-corrected chi connectivity index (χ2v) is 8.85. The van der Waals surface area contributed by atoms with Crippen molar-refractivity contribution in [3.8, 4) is 11.3 Å². The molecule has 0 saturated carbocycles. The summed E-state index contributed by atoms with van der Waals surface area (Å²) in [6.07, 6.45) is 2.93. The molecule has 7 nitrogen and oxygen atoms in total. The number of carbonyl (C=O) groups excluding carboxylic acids is 1. The number of amides is 1. The molecule has 1 amide bonds. The van der Waals surface area contributed by atoms with Gasteiger partial charge in [0.2, 0.25) is 10.1 Å². The van der Waals surface area contributed by atoms with Gasteiger partial charge in [0.15, 0.2) is 9.84 Å². The Morgan fingerprint density at radius 1 is 1.07 bits per heavy atom. The van der Waals surface area contributed by atoms with Crippen molar-refractivity contribution in [2.45, 2.75) is 4.90 Å². The molecule has 0 saturated heterocycles. The maximum atomic E-state index is 12.3. The highest BCUT2D eigenvalue weighted by molar-refractivity contribution is 7.90. The number of nitrogens with zero attached hydrogens (tertiary/aromatic N) is 3. The summed E-state index contributed by atoms with van der Waals surface area (Å²) in [6.45, 7) is 0. The summed E-state index contributed by atoms with van der Waals surface area (Å²) in [5.41, 5.74) is 2.15. The zero-order valence-electron chi connectivity index (χ0n) is 14.2. The molecule has 9 heteroatoms. The Bertz CT molecular complexity index is 1200. The van der Waals surface area contributed by atoms with Gasteiger partial charge >= 0.3 is 0 Å². The number of hydrogen-bond donors (Lipinski definition) is 1. The van der Waals surface area contributed by atoms with Gasteiger partial charge in [0.1, 0.15) is 0 Å². The summed E-state index contributed by atoms with van der Waals surface area (Å²) in [7, 11) is -3.29. The monoisotopic (exact) mass is 398 g/mol. The van der Waals surface area contributed by atoms with Gasteiger partial charge in [-0.05, 0) is 24.3 Å². The molecule has 2 aromatic carbocycles. The van der Waals surface area contributed by atoms with Crippen LogP contribution in [0.1, 0.15) is 10.4 Å². The molecule has 0 aliphatic carbocycles.